The zero-order chi connectivity index (χ0) is 9.80. The van der Waals surface area contributed by atoms with Gasteiger partial charge in [0.15, 0.2) is 0 Å². The van der Waals surface area contributed by atoms with E-state index in [0.717, 1.165) is 11.5 Å². The van der Waals surface area contributed by atoms with Crippen LogP contribution < -0.4 is 4.74 Å². The lowest BCUT2D eigenvalue weighted by atomic mass is 9.92. The van der Waals surface area contributed by atoms with Crippen molar-refractivity contribution in [3.63, 3.8) is 0 Å². The summed E-state index contributed by atoms with van der Waals surface area (Å²) in [7, 11) is 0. The Labute approximate surface area is 90.9 Å². The van der Waals surface area contributed by atoms with Gasteiger partial charge in [0.1, 0.15) is 5.75 Å². The Bertz CT molecular complexity index is 309. The van der Waals surface area contributed by atoms with Gasteiger partial charge in [0.2, 0.25) is 0 Å². The molecule has 0 atom stereocenters. The third-order valence-corrected chi connectivity index (χ3v) is 2.86. The van der Waals surface area contributed by atoms with Crippen LogP contribution in [-0.4, -0.2) is 12.4 Å². The van der Waals surface area contributed by atoms with Gasteiger partial charge < -0.3 is 4.74 Å². The lowest BCUT2D eigenvalue weighted by Gasteiger charge is -2.16. The number of benzene rings is 1. The first kappa shape index (κ1) is 9.91. The molecule has 14 heavy (non-hydrogen) atoms. The average molecular weight is 208 g/mol. The standard InChI is InChI=1S/C12H16OS/c14-8-7-13-12-6-5-10-3-1-2-4-11(10)9-12/h5-6,9,14H,1-4,7-8H2. The smallest absolute Gasteiger partial charge is 0.119 e. The molecule has 2 rings (SSSR count). The van der Waals surface area contributed by atoms with Gasteiger partial charge in [-0.25, -0.2) is 0 Å². The third kappa shape index (κ3) is 2.24. The van der Waals surface area contributed by atoms with Gasteiger partial charge in [-0.3, -0.25) is 0 Å². The van der Waals surface area contributed by atoms with Crippen LogP contribution in [-0.2, 0) is 12.8 Å². The second-order valence-corrected chi connectivity index (χ2v) is 4.16. The Morgan fingerprint density at radius 3 is 2.71 bits per heavy atom. The fourth-order valence-corrected chi connectivity index (χ4v) is 2.05. The topological polar surface area (TPSA) is 9.23 Å². The van der Waals surface area contributed by atoms with Crippen LogP contribution in [0, 0.1) is 0 Å². The minimum atomic E-state index is 0.696. The highest BCUT2D eigenvalue weighted by molar-refractivity contribution is 7.80. The van der Waals surface area contributed by atoms with Crippen LogP contribution in [0.15, 0.2) is 18.2 Å². The molecule has 0 heterocycles. The number of hydrogen-bond donors (Lipinski definition) is 1. The van der Waals surface area contributed by atoms with E-state index in [1.54, 1.807) is 0 Å². The first-order valence-electron chi connectivity index (χ1n) is 5.25. The summed E-state index contributed by atoms with van der Waals surface area (Å²) in [6.07, 6.45) is 5.11. The molecule has 1 aromatic rings. The minimum Gasteiger partial charge on any atom is -0.493 e. The predicted octanol–water partition coefficient (Wildman–Crippen LogP) is 2.87. The number of fused-ring (bicyclic) bond motifs is 1. The van der Waals surface area contributed by atoms with Crippen molar-refractivity contribution < 1.29 is 4.74 Å². The maximum absolute atomic E-state index is 5.54. The van der Waals surface area contributed by atoms with Crippen LogP contribution in [0.5, 0.6) is 5.75 Å². The van der Waals surface area contributed by atoms with E-state index < -0.39 is 0 Å². The number of ether oxygens (including phenoxy) is 1. The highest BCUT2D eigenvalue weighted by atomic mass is 32.1. The first-order chi connectivity index (χ1) is 6.90. The lowest BCUT2D eigenvalue weighted by Crippen LogP contribution is -2.04. The quantitative estimate of drug-likeness (QED) is 0.751. The van der Waals surface area contributed by atoms with Crippen molar-refractivity contribution >= 4 is 12.6 Å². The van der Waals surface area contributed by atoms with Crippen molar-refractivity contribution in [2.24, 2.45) is 0 Å². The van der Waals surface area contributed by atoms with E-state index >= 15 is 0 Å². The number of thiol groups is 1. The summed E-state index contributed by atoms with van der Waals surface area (Å²) in [4.78, 5) is 0. The third-order valence-electron chi connectivity index (χ3n) is 2.68. The van der Waals surface area contributed by atoms with Crippen LogP contribution in [0.1, 0.15) is 24.0 Å². The molecule has 1 nitrogen and oxygen atoms in total. The maximum Gasteiger partial charge on any atom is 0.119 e. The van der Waals surface area contributed by atoms with Crippen LogP contribution in [0.4, 0.5) is 0 Å². The van der Waals surface area contributed by atoms with E-state index in [9.17, 15) is 0 Å². The molecule has 0 saturated carbocycles. The predicted molar refractivity (Wildman–Crippen MR) is 62.4 cm³/mol. The van der Waals surface area contributed by atoms with E-state index in [2.05, 4.69) is 30.8 Å². The van der Waals surface area contributed by atoms with Crippen molar-refractivity contribution in [3.8, 4) is 5.75 Å². The normalized spacial score (nSPS) is 14.9. The van der Waals surface area contributed by atoms with Crippen LogP contribution >= 0.6 is 12.6 Å². The molecule has 1 aliphatic carbocycles. The summed E-state index contributed by atoms with van der Waals surface area (Å²) >= 11 is 4.12. The van der Waals surface area contributed by atoms with Gasteiger partial charge in [-0.2, -0.15) is 12.6 Å². The Hall–Kier alpha value is -0.630. The summed E-state index contributed by atoms with van der Waals surface area (Å²) in [6.45, 7) is 0.696. The first-order valence-corrected chi connectivity index (χ1v) is 5.89. The molecule has 0 amide bonds. The molecule has 0 aromatic heterocycles. The molecule has 1 aliphatic rings. The molecule has 0 fully saturated rings. The lowest BCUT2D eigenvalue weighted by molar-refractivity contribution is 0.343. The largest absolute Gasteiger partial charge is 0.493 e. The maximum atomic E-state index is 5.54. The number of aryl methyl sites for hydroxylation is 2. The van der Waals surface area contributed by atoms with Gasteiger partial charge in [0.25, 0.3) is 0 Å². The Morgan fingerprint density at radius 1 is 1.14 bits per heavy atom. The molecule has 76 valence electrons. The van der Waals surface area contributed by atoms with E-state index in [1.807, 2.05) is 0 Å². The molecule has 0 N–H and O–H groups in total. The number of hydrogen-bond acceptors (Lipinski definition) is 2. The molecule has 0 radical (unpaired) electrons. The zero-order valence-corrected chi connectivity index (χ0v) is 9.22. The fraction of sp³-hybridized carbons (Fsp3) is 0.500. The van der Waals surface area contributed by atoms with Gasteiger partial charge in [-0.1, -0.05) is 6.07 Å². The monoisotopic (exact) mass is 208 g/mol. The van der Waals surface area contributed by atoms with Gasteiger partial charge in [0.05, 0.1) is 6.61 Å². The Kier molecular flexibility index (Phi) is 3.35. The van der Waals surface area contributed by atoms with Gasteiger partial charge >= 0.3 is 0 Å². The van der Waals surface area contributed by atoms with Crippen LogP contribution in [0.2, 0.25) is 0 Å². The molecule has 2 heteroatoms. The Balaban J connectivity index is 2.12. The van der Waals surface area contributed by atoms with Crippen molar-refractivity contribution in [1.82, 2.24) is 0 Å². The highest BCUT2D eigenvalue weighted by Gasteiger charge is 2.09. The van der Waals surface area contributed by atoms with Gasteiger partial charge in [-0.15, -0.1) is 0 Å². The molecule has 0 aliphatic heterocycles. The summed E-state index contributed by atoms with van der Waals surface area (Å²) in [5.41, 5.74) is 2.99. The SMILES string of the molecule is SCCOc1ccc2c(c1)CCCC2. The van der Waals surface area contributed by atoms with Crippen molar-refractivity contribution in [3.05, 3.63) is 29.3 Å². The van der Waals surface area contributed by atoms with Crippen molar-refractivity contribution in [2.45, 2.75) is 25.7 Å². The highest BCUT2D eigenvalue weighted by Crippen LogP contribution is 2.25. The second-order valence-electron chi connectivity index (χ2n) is 3.71. The molecule has 0 unspecified atom stereocenters. The van der Waals surface area contributed by atoms with Crippen molar-refractivity contribution in [2.75, 3.05) is 12.4 Å². The molecule has 1 aromatic carbocycles. The minimum absolute atomic E-state index is 0.696. The molecule has 0 saturated heterocycles. The molecular weight excluding hydrogens is 192 g/mol. The second kappa shape index (κ2) is 4.74. The summed E-state index contributed by atoms with van der Waals surface area (Å²) in [5.74, 6) is 1.77. The average Bonchev–Trinajstić information content (AvgIpc) is 2.26. The zero-order valence-electron chi connectivity index (χ0n) is 8.33. The summed E-state index contributed by atoms with van der Waals surface area (Å²) < 4.78 is 5.54. The van der Waals surface area contributed by atoms with Gasteiger partial charge in [0, 0.05) is 5.75 Å². The van der Waals surface area contributed by atoms with Crippen LogP contribution in [0.3, 0.4) is 0 Å². The summed E-state index contributed by atoms with van der Waals surface area (Å²) in [6, 6.07) is 6.48. The fourth-order valence-electron chi connectivity index (χ4n) is 1.96. The molecular formula is C12H16OS. The van der Waals surface area contributed by atoms with Crippen molar-refractivity contribution in [1.29, 1.82) is 0 Å². The molecule has 0 bridgehead atoms. The molecule has 0 spiro atoms. The summed E-state index contributed by atoms with van der Waals surface area (Å²) in [5, 5.41) is 0. The van der Waals surface area contributed by atoms with Crippen LogP contribution in [0.25, 0.3) is 0 Å². The van der Waals surface area contributed by atoms with E-state index in [1.165, 1.54) is 36.8 Å². The Morgan fingerprint density at radius 2 is 1.93 bits per heavy atom. The van der Waals surface area contributed by atoms with E-state index in [-0.39, 0.29) is 0 Å². The number of rotatable bonds is 3. The van der Waals surface area contributed by atoms with Gasteiger partial charge in [-0.05, 0) is 48.9 Å². The van der Waals surface area contributed by atoms with E-state index in [4.69, 9.17) is 4.74 Å². The van der Waals surface area contributed by atoms with E-state index in [0.29, 0.717) is 6.61 Å².